The molecular formula is C9H20ClNOSi. The molecule has 0 saturated carbocycles. The van der Waals surface area contributed by atoms with Gasteiger partial charge in [-0.1, -0.05) is 0 Å². The van der Waals surface area contributed by atoms with Gasteiger partial charge in [0.1, 0.15) is 0 Å². The number of rotatable bonds is 6. The van der Waals surface area contributed by atoms with Gasteiger partial charge in [0.2, 0.25) is 0 Å². The average Bonchev–Trinajstić information content (AvgIpc) is 1.98. The summed E-state index contributed by atoms with van der Waals surface area (Å²) >= 11 is 6.22. The summed E-state index contributed by atoms with van der Waals surface area (Å²) in [6, 6.07) is 0.985. The van der Waals surface area contributed by atoms with E-state index in [2.05, 4.69) is 4.99 Å². The van der Waals surface area contributed by atoms with Gasteiger partial charge >= 0.3 is 0 Å². The summed E-state index contributed by atoms with van der Waals surface area (Å²) in [6.45, 7) is 9.66. The molecule has 0 saturated heterocycles. The lowest BCUT2D eigenvalue weighted by molar-refractivity contribution is 0.338. The van der Waals surface area contributed by atoms with E-state index in [1.54, 1.807) is 0 Å². The predicted octanol–water partition coefficient (Wildman–Crippen LogP) is 3.20. The van der Waals surface area contributed by atoms with E-state index in [0.29, 0.717) is 0 Å². The maximum atomic E-state index is 6.22. The number of hydrogen-bond donors (Lipinski definition) is 0. The Morgan fingerprint density at radius 3 is 2.54 bits per heavy atom. The lowest BCUT2D eigenvalue weighted by atomic mass is 10.4. The second-order valence-electron chi connectivity index (χ2n) is 3.47. The van der Waals surface area contributed by atoms with Crippen LogP contribution in [0.3, 0.4) is 0 Å². The molecule has 2 nitrogen and oxygen atoms in total. The molecule has 4 heteroatoms. The maximum Gasteiger partial charge on any atom is 0.287 e. The molecule has 0 fully saturated rings. The quantitative estimate of drug-likeness (QED) is 0.292. The van der Waals surface area contributed by atoms with Crippen LogP contribution >= 0.6 is 11.1 Å². The van der Waals surface area contributed by atoms with E-state index in [1.807, 2.05) is 27.3 Å². The molecule has 0 N–H and O–H groups in total. The molecule has 0 bridgehead atoms. The Labute approximate surface area is 87.2 Å². The van der Waals surface area contributed by atoms with Crippen molar-refractivity contribution in [3.8, 4) is 0 Å². The van der Waals surface area contributed by atoms with Crippen LogP contribution in [0, 0.1) is 0 Å². The van der Waals surface area contributed by atoms with E-state index in [1.165, 1.54) is 0 Å². The lowest BCUT2D eigenvalue weighted by Gasteiger charge is -2.17. The fourth-order valence-electron chi connectivity index (χ4n) is 1.07. The van der Waals surface area contributed by atoms with Crippen LogP contribution in [0.15, 0.2) is 4.99 Å². The topological polar surface area (TPSA) is 21.6 Å². The number of halogens is 1. The Bertz CT molecular complexity index is 167. The van der Waals surface area contributed by atoms with E-state index in [9.17, 15) is 0 Å². The van der Waals surface area contributed by atoms with Gasteiger partial charge in [0, 0.05) is 18.9 Å². The zero-order valence-corrected chi connectivity index (χ0v) is 10.8. The van der Waals surface area contributed by atoms with Crippen molar-refractivity contribution >= 4 is 24.4 Å². The monoisotopic (exact) mass is 221 g/mol. The highest BCUT2D eigenvalue weighted by atomic mass is 35.6. The first-order valence-electron chi connectivity index (χ1n) is 4.78. The molecule has 0 radical (unpaired) electrons. The van der Waals surface area contributed by atoms with Gasteiger partial charge in [-0.3, -0.25) is 4.99 Å². The number of nitrogens with zero attached hydrogens (tertiary/aromatic N) is 1. The van der Waals surface area contributed by atoms with Crippen LogP contribution in [0.5, 0.6) is 0 Å². The zero-order valence-electron chi connectivity index (χ0n) is 9.06. The Morgan fingerprint density at radius 2 is 2.08 bits per heavy atom. The first-order chi connectivity index (χ1) is 5.98. The summed E-state index contributed by atoms with van der Waals surface area (Å²) in [5, 5.41) is 0. The molecule has 0 aromatic heterocycles. The highest BCUT2D eigenvalue weighted by Crippen LogP contribution is 2.18. The maximum absolute atomic E-state index is 6.22. The molecular weight excluding hydrogens is 202 g/mol. The minimum absolute atomic E-state index is 0.724. The molecule has 0 aromatic rings. The van der Waals surface area contributed by atoms with E-state index < -0.39 is 7.63 Å². The SMILES string of the molecule is CCO[Si](C)(Cl)CCCN=C(C)C. The molecule has 0 heterocycles. The number of hydrogen-bond acceptors (Lipinski definition) is 2. The molecule has 13 heavy (non-hydrogen) atoms. The van der Waals surface area contributed by atoms with Crippen molar-refractivity contribution < 1.29 is 4.43 Å². The minimum Gasteiger partial charge on any atom is -0.403 e. The molecule has 0 spiro atoms. The summed E-state index contributed by atoms with van der Waals surface area (Å²) < 4.78 is 5.49. The van der Waals surface area contributed by atoms with Gasteiger partial charge in [-0.05, 0) is 39.8 Å². The normalized spacial score (nSPS) is 15.2. The van der Waals surface area contributed by atoms with Crippen LogP contribution in [0.2, 0.25) is 12.6 Å². The van der Waals surface area contributed by atoms with Crippen molar-refractivity contribution in [2.24, 2.45) is 4.99 Å². The Balaban J connectivity index is 3.57. The molecule has 0 aliphatic heterocycles. The molecule has 0 aromatic carbocycles. The van der Waals surface area contributed by atoms with Gasteiger partial charge in [0.15, 0.2) is 0 Å². The van der Waals surface area contributed by atoms with Crippen molar-refractivity contribution in [1.29, 1.82) is 0 Å². The van der Waals surface area contributed by atoms with Crippen molar-refractivity contribution in [1.82, 2.24) is 0 Å². The molecule has 1 unspecified atom stereocenters. The second kappa shape index (κ2) is 6.57. The standard InChI is InChI=1S/C9H20ClNOSi/c1-5-12-13(4,10)8-6-7-11-9(2)3/h5-8H2,1-4H3. The largest absolute Gasteiger partial charge is 0.403 e. The van der Waals surface area contributed by atoms with E-state index in [-0.39, 0.29) is 0 Å². The van der Waals surface area contributed by atoms with E-state index >= 15 is 0 Å². The molecule has 0 aliphatic rings. The average molecular weight is 222 g/mol. The van der Waals surface area contributed by atoms with Crippen LogP contribution in [0.4, 0.5) is 0 Å². The van der Waals surface area contributed by atoms with Crippen LogP contribution in [0.1, 0.15) is 27.2 Å². The first-order valence-corrected chi connectivity index (χ1v) is 8.41. The summed E-state index contributed by atoms with van der Waals surface area (Å²) in [5.74, 6) is 0. The van der Waals surface area contributed by atoms with Gasteiger partial charge in [-0.25, -0.2) is 0 Å². The summed E-state index contributed by atoms with van der Waals surface area (Å²) in [6.07, 6.45) is 1.04. The Kier molecular flexibility index (Phi) is 6.64. The minimum atomic E-state index is -1.87. The third-order valence-corrected chi connectivity index (χ3v) is 4.69. The van der Waals surface area contributed by atoms with E-state index in [0.717, 1.165) is 31.3 Å². The van der Waals surface area contributed by atoms with Gasteiger partial charge < -0.3 is 4.43 Å². The summed E-state index contributed by atoms with van der Waals surface area (Å²) in [7, 11) is -1.87. The fourth-order valence-corrected chi connectivity index (χ4v) is 3.33. The Morgan fingerprint density at radius 1 is 1.46 bits per heavy atom. The smallest absolute Gasteiger partial charge is 0.287 e. The number of aliphatic imine (C=N–C) groups is 1. The van der Waals surface area contributed by atoms with Gasteiger partial charge in [0.25, 0.3) is 7.63 Å². The Hall–Kier alpha value is 0.137. The lowest BCUT2D eigenvalue weighted by Crippen LogP contribution is -2.27. The van der Waals surface area contributed by atoms with Crippen molar-refractivity contribution in [3.05, 3.63) is 0 Å². The molecule has 78 valence electrons. The molecule has 0 rings (SSSR count). The highest BCUT2D eigenvalue weighted by Gasteiger charge is 2.24. The van der Waals surface area contributed by atoms with Gasteiger partial charge in [0.05, 0.1) is 0 Å². The highest BCUT2D eigenvalue weighted by molar-refractivity contribution is 7.16. The second-order valence-corrected chi connectivity index (χ2v) is 8.86. The third kappa shape index (κ3) is 8.47. The van der Waals surface area contributed by atoms with Crippen LogP contribution in [0.25, 0.3) is 0 Å². The molecule has 1 atom stereocenters. The molecule has 0 aliphatic carbocycles. The van der Waals surface area contributed by atoms with E-state index in [4.69, 9.17) is 15.5 Å². The van der Waals surface area contributed by atoms with Gasteiger partial charge in [-0.15, -0.1) is 11.1 Å². The van der Waals surface area contributed by atoms with Crippen LogP contribution in [-0.4, -0.2) is 26.5 Å². The predicted molar refractivity (Wildman–Crippen MR) is 62.2 cm³/mol. The van der Waals surface area contributed by atoms with Crippen molar-refractivity contribution in [2.75, 3.05) is 13.2 Å². The van der Waals surface area contributed by atoms with Crippen LogP contribution < -0.4 is 0 Å². The molecule has 0 amide bonds. The van der Waals surface area contributed by atoms with Crippen LogP contribution in [-0.2, 0) is 4.43 Å². The van der Waals surface area contributed by atoms with Gasteiger partial charge in [-0.2, -0.15) is 0 Å². The van der Waals surface area contributed by atoms with Crippen molar-refractivity contribution in [2.45, 2.75) is 39.8 Å². The summed E-state index contributed by atoms with van der Waals surface area (Å²) in [4.78, 5) is 4.31. The first kappa shape index (κ1) is 13.1. The zero-order chi connectivity index (χ0) is 10.3. The van der Waals surface area contributed by atoms with Crippen molar-refractivity contribution in [3.63, 3.8) is 0 Å². The fraction of sp³-hybridized carbons (Fsp3) is 0.889. The summed E-state index contributed by atoms with van der Waals surface area (Å²) in [5.41, 5.74) is 1.13. The third-order valence-electron chi connectivity index (χ3n) is 1.65.